The summed E-state index contributed by atoms with van der Waals surface area (Å²) in [4.78, 5) is 12.1. The Kier molecular flexibility index (Phi) is 4.95. The first-order valence-electron chi connectivity index (χ1n) is 8.15. The van der Waals surface area contributed by atoms with Crippen LogP contribution in [0.25, 0.3) is 0 Å². The molecule has 3 rings (SSSR count). The van der Waals surface area contributed by atoms with Crippen LogP contribution in [0, 0.1) is 0 Å². The Hall–Kier alpha value is -2.20. The molecule has 126 valence electrons. The van der Waals surface area contributed by atoms with Crippen molar-refractivity contribution in [3.8, 4) is 5.75 Å². The van der Waals surface area contributed by atoms with Crippen molar-refractivity contribution in [1.82, 2.24) is 5.32 Å². The zero-order valence-electron chi connectivity index (χ0n) is 13.6. The van der Waals surface area contributed by atoms with E-state index < -0.39 is 0 Å². The van der Waals surface area contributed by atoms with Gasteiger partial charge < -0.3 is 15.4 Å². The maximum atomic E-state index is 12.1. The van der Waals surface area contributed by atoms with Crippen LogP contribution in [0.15, 0.2) is 48.5 Å². The van der Waals surface area contributed by atoms with Gasteiger partial charge in [0.1, 0.15) is 5.75 Å². The first kappa shape index (κ1) is 16.7. The summed E-state index contributed by atoms with van der Waals surface area (Å²) in [6.45, 7) is 3.19. The lowest BCUT2D eigenvalue weighted by atomic mass is 9.96. The van der Waals surface area contributed by atoms with E-state index in [9.17, 15) is 4.79 Å². The summed E-state index contributed by atoms with van der Waals surface area (Å²) in [5, 5.41) is 6.55. The summed E-state index contributed by atoms with van der Waals surface area (Å²) in [5.41, 5.74) is 2.03. The van der Waals surface area contributed by atoms with Crippen molar-refractivity contribution in [1.29, 1.82) is 0 Å². The highest BCUT2D eigenvalue weighted by molar-refractivity contribution is 6.30. The predicted octanol–water partition coefficient (Wildman–Crippen LogP) is 4.59. The number of rotatable bonds is 6. The van der Waals surface area contributed by atoms with Gasteiger partial charge in [-0.3, -0.25) is 0 Å². The van der Waals surface area contributed by atoms with Gasteiger partial charge in [0, 0.05) is 22.7 Å². The second kappa shape index (κ2) is 7.14. The van der Waals surface area contributed by atoms with Crippen LogP contribution in [0.4, 0.5) is 10.5 Å². The van der Waals surface area contributed by atoms with Crippen LogP contribution >= 0.6 is 11.6 Å². The van der Waals surface area contributed by atoms with Crippen molar-refractivity contribution in [3.63, 3.8) is 0 Å². The summed E-state index contributed by atoms with van der Waals surface area (Å²) in [7, 11) is 0. The monoisotopic (exact) mass is 344 g/mol. The van der Waals surface area contributed by atoms with Gasteiger partial charge in [0.2, 0.25) is 0 Å². The molecule has 0 bridgehead atoms. The average molecular weight is 345 g/mol. The third kappa shape index (κ3) is 4.01. The van der Waals surface area contributed by atoms with Crippen LogP contribution in [0.2, 0.25) is 5.02 Å². The third-order valence-corrected chi connectivity index (χ3v) is 4.57. The van der Waals surface area contributed by atoms with Crippen LogP contribution in [0.1, 0.15) is 25.3 Å². The predicted molar refractivity (Wildman–Crippen MR) is 97.0 cm³/mol. The molecule has 2 aromatic carbocycles. The number of carbonyl (C=O) groups is 1. The number of hydrogen-bond donors (Lipinski definition) is 2. The SMILES string of the molecule is CCOc1ccc(NC(=O)NCC2(c3ccc(Cl)cc3)CC2)cc1. The molecule has 0 heterocycles. The first-order chi connectivity index (χ1) is 11.6. The summed E-state index contributed by atoms with van der Waals surface area (Å²) < 4.78 is 5.39. The van der Waals surface area contributed by atoms with Gasteiger partial charge in [-0.05, 0) is 61.7 Å². The van der Waals surface area contributed by atoms with Crippen LogP contribution in [-0.4, -0.2) is 19.2 Å². The fraction of sp³-hybridized carbons (Fsp3) is 0.316. The summed E-state index contributed by atoms with van der Waals surface area (Å²) in [6.07, 6.45) is 2.16. The van der Waals surface area contributed by atoms with E-state index in [0.29, 0.717) is 13.2 Å². The van der Waals surface area contributed by atoms with Crippen LogP contribution in [0.3, 0.4) is 0 Å². The second-order valence-corrected chi connectivity index (χ2v) is 6.49. The molecule has 1 fully saturated rings. The maximum Gasteiger partial charge on any atom is 0.319 e. The zero-order chi connectivity index (χ0) is 17.0. The minimum Gasteiger partial charge on any atom is -0.494 e. The normalized spacial score (nSPS) is 14.8. The Morgan fingerprint density at radius 2 is 1.79 bits per heavy atom. The summed E-state index contributed by atoms with van der Waals surface area (Å²) in [5.74, 6) is 0.795. The number of halogens is 1. The molecule has 2 amide bonds. The first-order valence-corrected chi connectivity index (χ1v) is 8.53. The van der Waals surface area contributed by atoms with Gasteiger partial charge in [-0.1, -0.05) is 23.7 Å². The van der Waals surface area contributed by atoms with Crippen molar-refractivity contribution in [2.75, 3.05) is 18.5 Å². The van der Waals surface area contributed by atoms with Crippen LogP contribution < -0.4 is 15.4 Å². The number of carbonyl (C=O) groups excluding carboxylic acids is 1. The lowest BCUT2D eigenvalue weighted by Crippen LogP contribution is -2.35. The van der Waals surface area contributed by atoms with E-state index >= 15 is 0 Å². The Morgan fingerprint density at radius 1 is 1.12 bits per heavy atom. The molecule has 0 atom stereocenters. The van der Waals surface area contributed by atoms with Gasteiger partial charge in [-0.15, -0.1) is 0 Å². The van der Waals surface area contributed by atoms with Crippen molar-refractivity contribution >= 4 is 23.3 Å². The lowest BCUT2D eigenvalue weighted by Gasteiger charge is -2.17. The number of benzene rings is 2. The quantitative estimate of drug-likeness (QED) is 0.805. The minimum atomic E-state index is -0.195. The number of urea groups is 1. The molecule has 1 aliphatic rings. The van der Waals surface area contributed by atoms with Gasteiger partial charge in [-0.2, -0.15) is 0 Å². The van der Waals surface area contributed by atoms with Crippen molar-refractivity contribution < 1.29 is 9.53 Å². The van der Waals surface area contributed by atoms with Gasteiger partial charge in [0.15, 0.2) is 0 Å². The Labute approximate surface area is 147 Å². The second-order valence-electron chi connectivity index (χ2n) is 6.05. The van der Waals surface area contributed by atoms with Crippen LogP contribution in [0.5, 0.6) is 5.75 Å². The fourth-order valence-electron chi connectivity index (χ4n) is 2.75. The van der Waals surface area contributed by atoms with Gasteiger partial charge in [-0.25, -0.2) is 4.79 Å². The van der Waals surface area contributed by atoms with Gasteiger partial charge >= 0.3 is 6.03 Å². The molecule has 1 saturated carbocycles. The number of hydrogen-bond acceptors (Lipinski definition) is 2. The molecular weight excluding hydrogens is 324 g/mol. The number of amides is 2. The van der Waals surface area contributed by atoms with Crippen molar-refractivity contribution in [3.05, 3.63) is 59.1 Å². The zero-order valence-corrected chi connectivity index (χ0v) is 14.4. The summed E-state index contributed by atoms with van der Waals surface area (Å²) in [6, 6.07) is 15.0. The fourth-order valence-corrected chi connectivity index (χ4v) is 2.87. The van der Waals surface area contributed by atoms with E-state index in [4.69, 9.17) is 16.3 Å². The molecule has 5 heteroatoms. The Bertz CT molecular complexity index is 694. The molecule has 1 aliphatic carbocycles. The van der Waals surface area contributed by atoms with Gasteiger partial charge in [0.25, 0.3) is 0 Å². The molecule has 0 spiro atoms. The number of anilines is 1. The Morgan fingerprint density at radius 3 is 2.38 bits per heavy atom. The molecule has 0 aliphatic heterocycles. The highest BCUT2D eigenvalue weighted by Gasteiger charge is 2.44. The molecule has 24 heavy (non-hydrogen) atoms. The molecule has 0 unspecified atom stereocenters. The highest BCUT2D eigenvalue weighted by Crippen LogP contribution is 2.47. The van der Waals surface area contributed by atoms with E-state index in [-0.39, 0.29) is 11.4 Å². The van der Waals surface area contributed by atoms with E-state index in [1.54, 1.807) is 0 Å². The number of nitrogens with one attached hydrogen (secondary N) is 2. The van der Waals surface area contributed by atoms with E-state index in [0.717, 1.165) is 29.3 Å². The van der Waals surface area contributed by atoms with E-state index in [2.05, 4.69) is 10.6 Å². The smallest absolute Gasteiger partial charge is 0.319 e. The number of ether oxygens (including phenoxy) is 1. The largest absolute Gasteiger partial charge is 0.494 e. The highest BCUT2D eigenvalue weighted by atomic mass is 35.5. The molecule has 0 aromatic heterocycles. The van der Waals surface area contributed by atoms with E-state index in [1.807, 2.05) is 55.5 Å². The maximum absolute atomic E-state index is 12.1. The average Bonchev–Trinajstić information content (AvgIpc) is 3.37. The van der Waals surface area contributed by atoms with Crippen molar-refractivity contribution in [2.24, 2.45) is 0 Å². The van der Waals surface area contributed by atoms with Gasteiger partial charge in [0.05, 0.1) is 6.61 Å². The van der Waals surface area contributed by atoms with E-state index in [1.165, 1.54) is 5.56 Å². The molecule has 4 nitrogen and oxygen atoms in total. The molecule has 0 saturated heterocycles. The summed E-state index contributed by atoms with van der Waals surface area (Å²) >= 11 is 5.94. The molecule has 2 N–H and O–H groups in total. The third-order valence-electron chi connectivity index (χ3n) is 4.32. The topological polar surface area (TPSA) is 50.4 Å². The van der Waals surface area contributed by atoms with Crippen molar-refractivity contribution in [2.45, 2.75) is 25.2 Å². The molecule has 2 aromatic rings. The Balaban J connectivity index is 1.53. The lowest BCUT2D eigenvalue weighted by molar-refractivity contribution is 0.251. The van der Waals surface area contributed by atoms with Crippen LogP contribution in [-0.2, 0) is 5.41 Å². The molecule has 0 radical (unpaired) electrons. The standard InChI is InChI=1S/C19H21ClN2O2/c1-2-24-17-9-7-16(8-10-17)22-18(23)21-13-19(11-12-19)14-3-5-15(20)6-4-14/h3-10H,2,11-13H2,1H3,(H2,21,22,23). The minimum absolute atomic E-state index is 0.0563. The molecular formula is C19H21ClN2O2.